The number of anilines is 1. The second kappa shape index (κ2) is 9.61. The minimum absolute atomic E-state index is 0. The Balaban J connectivity index is 0.00000182. The molecule has 0 aliphatic heterocycles. The predicted octanol–water partition coefficient (Wildman–Crippen LogP) is 2.47. The quantitative estimate of drug-likeness (QED) is 0.549. The van der Waals surface area contributed by atoms with Crippen molar-refractivity contribution in [3.8, 4) is 5.75 Å². The first-order valence-corrected chi connectivity index (χ1v) is 9.57. The molecule has 0 saturated heterocycles. The van der Waals surface area contributed by atoms with Crippen molar-refractivity contribution in [1.82, 2.24) is 4.98 Å². The molecule has 1 aromatic heterocycles. The van der Waals surface area contributed by atoms with E-state index in [0.717, 1.165) is 16.5 Å². The van der Waals surface area contributed by atoms with Gasteiger partial charge in [-0.25, -0.2) is 8.42 Å². The second-order valence-electron chi connectivity index (χ2n) is 5.62. The number of rotatable bonds is 7. The number of aromatic amines is 1. The van der Waals surface area contributed by atoms with Crippen LogP contribution < -0.4 is 15.2 Å². The molecule has 6 N–H and O–H groups in total. The molecule has 0 amide bonds. The molecule has 148 valence electrons. The van der Waals surface area contributed by atoms with Gasteiger partial charge in [0.15, 0.2) is 0 Å². The van der Waals surface area contributed by atoms with E-state index in [2.05, 4.69) is 9.71 Å². The van der Waals surface area contributed by atoms with Gasteiger partial charge in [0, 0.05) is 22.8 Å². The monoisotopic (exact) mass is 413 g/mol. The summed E-state index contributed by atoms with van der Waals surface area (Å²) in [5.74, 6) is 0.700. The van der Waals surface area contributed by atoms with Crippen LogP contribution in [0.4, 0.5) is 5.69 Å². The van der Waals surface area contributed by atoms with E-state index < -0.39 is 10.0 Å². The summed E-state index contributed by atoms with van der Waals surface area (Å²) in [5.41, 5.74) is 8.00. The Kier molecular flexibility index (Phi) is 8.11. The number of nitrogens with one attached hydrogen (secondary N) is 2. The second-order valence-corrected chi connectivity index (χ2v) is 7.31. The van der Waals surface area contributed by atoms with E-state index in [1.165, 1.54) is 0 Å². The van der Waals surface area contributed by atoms with Crippen molar-refractivity contribution < 1.29 is 18.6 Å². The first-order valence-electron chi connectivity index (χ1n) is 8.09. The summed E-state index contributed by atoms with van der Waals surface area (Å²) in [6.45, 7) is 2.97. The maximum atomic E-state index is 12.7. The topological polar surface area (TPSA) is 129 Å². The van der Waals surface area contributed by atoms with Gasteiger partial charge in [-0.2, -0.15) is 0 Å². The summed E-state index contributed by atoms with van der Waals surface area (Å²) in [4.78, 5) is 3.35. The van der Waals surface area contributed by atoms with Crippen LogP contribution in [-0.4, -0.2) is 32.0 Å². The zero-order valence-electron chi connectivity index (χ0n) is 14.9. The van der Waals surface area contributed by atoms with Crippen molar-refractivity contribution in [2.24, 2.45) is 5.73 Å². The number of nitrogens with two attached hydrogens (primary N) is 1. The maximum Gasteiger partial charge on any atom is 0.261 e. The molecule has 0 aliphatic rings. The molecule has 0 aliphatic carbocycles. The van der Waals surface area contributed by atoms with Crippen LogP contribution in [-0.2, 0) is 16.4 Å². The van der Waals surface area contributed by atoms with Crippen molar-refractivity contribution >= 4 is 39.0 Å². The molecule has 0 bridgehead atoms. The van der Waals surface area contributed by atoms with Gasteiger partial charge in [-0.1, -0.05) is 0 Å². The van der Waals surface area contributed by atoms with E-state index >= 15 is 0 Å². The third kappa shape index (κ3) is 5.14. The number of H-pyrrole nitrogens is 1. The summed E-state index contributed by atoms with van der Waals surface area (Å²) < 4.78 is 33.3. The third-order valence-electron chi connectivity index (χ3n) is 3.88. The van der Waals surface area contributed by atoms with Gasteiger partial charge in [0.2, 0.25) is 0 Å². The van der Waals surface area contributed by atoms with Crippen molar-refractivity contribution in [2.45, 2.75) is 18.2 Å². The van der Waals surface area contributed by atoms with Gasteiger partial charge in [-0.3, -0.25) is 4.72 Å². The lowest BCUT2D eigenvalue weighted by Gasteiger charge is -2.10. The molecule has 3 rings (SSSR count). The van der Waals surface area contributed by atoms with E-state index in [-0.39, 0.29) is 22.8 Å². The van der Waals surface area contributed by atoms with E-state index in [0.29, 0.717) is 31.0 Å². The molecule has 0 fully saturated rings. The van der Waals surface area contributed by atoms with Crippen molar-refractivity contribution in [2.75, 3.05) is 17.9 Å². The molecule has 0 unspecified atom stereocenters. The first-order chi connectivity index (χ1) is 12.0. The molecule has 9 heteroatoms. The number of sulfonamides is 1. The highest BCUT2D eigenvalue weighted by Crippen LogP contribution is 2.25. The van der Waals surface area contributed by atoms with Gasteiger partial charge < -0.3 is 20.9 Å². The van der Waals surface area contributed by atoms with Crippen LogP contribution in [0.15, 0.2) is 53.6 Å². The average molecular weight is 414 g/mol. The third-order valence-corrected chi connectivity index (χ3v) is 5.26. The molecular formula is C18H24ClN3O4S. The van der Waals surface area contributed by atoms with Crippen LogP contribution in [0.25, 0.3) is 10.9 Å². The minimum Gasteiger partial charge on any atom is -0.494 e. The summed E-state index contributed by atoms with van der Waals surface area (Å²) in [6, 6.07) is 11.8. The summed E-state index contributed by atoms with van der Waals surface area (Å²) in [7, 11) is -3.68. The lowest BCUT2D eigenvalue weighted by atomic mass is 10.1. The number of hydrogen-bond donors (Lipinski definition) is 3. The molecule has 0 spiro atoms. The van der Waals surface area contributed by atoms with Crippen LogP contribution >= 0.6 is 12.4 Å². The van der Waals surface area contributed by atoms with Crippen LogP contribution in [0.2, 0.25) is 0 Å². The predicted molar refractivity (Wildman–Crippen MR) is 110 cm³/mol. The zero-order chi connectivity index (χ0) is 17.9. The van der Waals surface area contributed by atoms with E-state index in [1.807, 2.05) is 13.1 Å². The normalized spacial score (nSPS) is 10.7. The standard InChI is InChI=1S/C18H21N3O3S.ClH.H2O/c1-2-24-15-5-3-14(4-6-15)21-25(22,23)16-7-8-18-17(11-16)13(9-10-19)12-20-18;;/h3-8,11-12,20-21H,2,9-10,19H2,1H3;1H;1H2. The maximum absolute atomic E-state index is 12.7. The highest BCUT2D eigenvalue weighted by atomic mass is 35.5. The number of fused-ring (bicyclic) bond motifs is 1. The number of aromatic nitrogens is 1. The molecule has 0 atom stereocenters. The summed E-state index contributed by atoms with van der Waals surface area (Å²) >= 11 is 0. The molecule has 0 saturated carbocycles. The largest absolute Gasteiger partial charge is 0.494 e. The zero-order valence-corrected chi connectivity index (χ0v) is 16.5. The number of hydrogen-bond acceptors (Lipinski definition) is 4. The highest BCUT2D eigenvalue weighted by Gasteiger charge is 2.16. The lowest BCUT2D eigenvalue weighted by molar-refractivity contribution is 0.340. The van der Waals surface area contributed by atoms with Crippen molar-refractivity contribution in [3.05, 3.63) is 54.2 Å². The fraction of sp³-hybridized carbons (Fsp3) is 0.222. The number of ether oxygens (including phenoxy) is 1. The first kappa shape index (κ1) is 22.8. The Hall–Kier alpha value is -2.26. The van der Waals surface area contributed by atoms with Crippen LogP contribution in [0.3, 0.4) is 0 Å². The molecule has 3 aromatic rings. The van der Waals surface area contributed by atoms with Crippen LogP contribution in [0, 0.1) is 0 Å². The molecular weight excluding hydrogens is 390 g/mol. The fourth-order valence-corrected chi connectivity index (χ4v) is 3.77. The Morgan fingerprint density at radius 2 is 1.85 bits per heavy atom. The van der Waals surface area contributed by atoms with E-state index in [1.54, 1.807) is 42.5 Å². The van der Waals surface area contributed by atoms with Crippen LogP contribution in [0.5, 0.6) is 5.75 Å². The SMILES string of the molecule is CCOc1ccc(NS(=O)(=O)c2ccc3[nH]cc(CCN)c3c2)cc1.Cl.O. The van der Waals surface area contributed by atoms with Gasteiger partial charge in [0.25, 0.3) is 10.0 Å². The minimum atomic E-state index is -3.68. The number of benzene rings is 2. The van der Waals surface area contributed by atoms with Gasteiger partial charge in [-0.05, 0) is 67.9 Å². The Morgan fingerprint density at radius 1 is 1.15 bits per heavy atom. The molecule has 1 heterocycles. The highest BCUT2D eigenvalue weighted by molar-refractivity contribution is 7.92. The summed E-state index contributed by atoms with van der Waals surface area (Å²) in [5, 5.41) is 0.875. The van der Waals surface area contributed by atoms with Gasteiger partial charge in [-0.15, -0.1) is 12.4 Å². The Labute approximate surface area is 164 Å². The smallest absolute Gasteiger partial charge is 0.261 e. The van der Waals surface area contributed by atoms with Crippen molar-refractivity contribution in [3.63, 3.8) is 0 Å². The van der Waals surface area contributed by atoms with Gasteiger partial charge in [0.1, 0.15) is 5.75 Å². The number of halogens is 1. The fourth-order valence-electron chi connectivity index (χ4n) is 2.69. The van der Waals surface area contributed by atoms with Crippen molar-refractivity contribution in [1.29, 1.82) is 0 Å². The van der Waals surface area contributed by atoms with Crippen LogP contribution in [0.1, 0.15) is 12.5 Å². The molecule has 7 nitrogen and oxygen atoms in total. The Morgan fingerprint density at radius 3 is 2.48 bits per heavy atom. The van der Waals surface area contributed by atoms with Gasteiger partial charge >= 0.3 is 0 Å². The average Bonchev–Trinajstić information content (AvgIpc) is 2.99. The van der Waals surface area contributed by atoms with E-state index in [9.17, 15) is 8.42 Å². The Bertz CT molecular complexity index is 972. The van der Waals surface area contributed by atoms with Gasteiger partial charge in [0.05, 0.1) is 11.5 Å². The van der Waals surface area contributed by atoms with E-state index in [4.69, 9.17) is 10.5 Å². The summed E-state index contributed by atoms with van der Waals surface area (Å²) in [6.07, 6.45) is 2.56. The molecule has 0 radical (unpaired) electrons. The molecule has 2 aromatic carbocycles. The lowest BCUT2D eigenvalue weighted by Crippen LogP contribution is -2.13. The molecule has 27 heavy (non-hydrogen) atoms.